The first-order chi connectivity index (χ1) is 12.8. The van der Waals surface area contributed by atoms with Crippen molar-refractivity contribution in [1.82, 2.24) is 0 Å². The summed E-state index contributed by atoms with van der Waals surface area (Å²) in [6, 6.07) is 20.7. The number of rotatable bonds is 8. The Morgan fingerprint density at radius 1 is 1.04 bits per heavy atom. The molecule has 4 heteroatoms. The van der Waals surface area contributed by atoms with Gasteiger partial charge in [0.25, 0.3) is 8.32 Å². The number of allylic oxidation sites excluding steroid dienone is 1. The molecule has 0 aromatic heterocycles. The van der Waals surface area contributed by atoms with Crippen LogP contribution >= 0.6 is 0 Å². The molecule has 1 atom stereocenters. The molecular formula is C23H31FO2Si. The Bertz CT molecular complexity index is 680. The summed E-state index contributed by atoms with van der Waals surface area (Å²) in [5.74, 6) is -0.219. The largest absolute Gasteiger partial charge is 0.404 e. The molecule has 0 aliphatic heterocycles. The molecule has 0 saturated heterocycles. The minimum atomic E-state index is -2.68. The molecule has 0 spiro atoms. The zero-order valence-corrected chi connectivity index (χ0v) is 17.8. The second kappa shape index (κ2) is 9.45. The average Bonchev–Trinajstić information content (AvgIpc) is 2.64. The quantitative estimate of drug-likeness (QED) is 0.673. The van der Waals surface area contributed by atoms with Crippen molar-refractivity contribution in [3.05, 3.63) is 72.6 Å². The van der Waals surface area contributed by atoms with Gasteiger partial charge in [0.05, 0.1) is 11.9 Å². The zero-order chi connectivity index (χ0) is 19.9. The average molecular weight is 387 g/mol. The molecular weight excluding hydrogens is 355 g/mol. The topological polar surface area (TPSA) is 29.5 Å². The van der Waals surface area contributed by atoms with E-state index in [1.54, 1.807) is 6.08 Å². The lowest BCUT2D eigenvalue weighted by Gasteiger charge is -2.45. The van der Waals surface area contributed by atoms with Gasteiger partial charge in [-0.3, -0.25) is 0 Å². The molecule has 146 valence electrons. The summed E-state index contributed by atoms with van der Waals surface area (Å²) in [5, 5.41) is 11.8. The third-order valence-corrected chi connectivity index (χ3v) is 9.97. The number of aliphatic hydroxyl groups is 1. The van der Waals surface area contributed by atoms with Crippen LogP contribution in [0.15, 0.2) is 72.6 Å². The minimum Gasteiger partial charge on any atom is -0.404 e. The molecule has 2 aromatic rings. The fourth-order valence-electron chi connectivity index (χ4n) is 3.60. The molecule has 2 nitrogen and oxygen atoms in total. The van der Waals surface area contributed by atoms with Gasteiger partial charge in [-0.25, -0.2) is 4.39 Å². The molecule has 0 heterocycles. The fraction of sp³-hybridized carbons (Fsp3) is 0.391. The maximum absolute atomic E-state index is 13.4. The van der Waals surface area contributed by atoms with Crippen LogP contribution in [0.2, 0.25) is 5.04 Å². The Morgan fingerprint density at radius 3 is 1.89 bits per heavy atom. The molecule has 2 aromatic carbocycles. The van der Waals surface area contributed by atoms with E-state index in [1.807, 2.05) is 36.4 Å². The molecule has 0 saturated carbocycles. The highest BCUT2D eigenvalue weighted by molar-refractivity contribution is 6.99. The Balaban J connectivity index is 2.62. The van der Waals surface area contributed by atoms with Gasteiger partial charge in [0, 0.05) is 6.61 Å². The molecule has 0 aliphatic carbocycles. The van der Waals surface area contributed by atoms with Crippen molar-refractivity contribution < 1.29 is 13.9 Å². The predicted molar refractivity (Wildman–Crippen MR) is 114 cm³/mol. The summed E-state index contributed by atoms with van der Waals surface area (Å²) in [4.78, 5) is 0. The summed E-state index contributed by atoms with van der Waals surface area (Å²) in [6.45, 7) is 8.10. The molecule has 27 heavy (non-hydrogen) atoms. The first-order valence-electron chi connectivity index (χ1n) is 9.53. The summed E-state index contributed by atoms with van der Waals surface area (Å²) in [7, 11) is -2.68. The van der Waals surface area contributed by atoms with Gasteiger partial charge in [0.15, 0.2) is 0 Å². The second-order valence-electron chi connectivity index (χ2n) is 7.94. The summed E-state index contributed by atoms with van der Waals surface area (Å²) in [5.41, 5.74) is 0. The Labute approximate surface area is 163 Å². The number of aliphatic hydroxyl groups excluding tert-OH is 1. The van der Waals surface area contributed by atoms with Gasteiger partial charge >= 0.3 is 0 Å². The van der Waals surface area contributed by atoms with E-state index in [9.17, 15) is 9.50 Å². The maximum Gasteiger partial charge on any atom is 0.261 e. The minimum absolute atomic E-state index is 0.0159. The summed E-state index contributed by atoms with van der Waals surface area (Å²) in [6.07, 6.45) is 2.24. The van der Waals surface area contributed by atoms with Gasteiger partial charge in [-0.15, -0.1) is 0 Å². The Morgan fingerprint density at radius 2 is 1.52 bits per heavy atom. The van der Waals surface area contributed by atoms with Crippen LogP contribution in [0, 0.1) is 0 Å². The van der Waals surface area contributed by atoms with Gasteiger partial charge in [-0.1, -0.05) is 87.5 Å². The second-order valence-corrected chi connectivity index (χ2v) is 12.2. The normalized spacial score (nSPS) is 14.2. The van der Waals surface area contributed by atoms with Gasteiger partial charge in [-0.05, 0) is 35.2 Å². The molecule has 0 fully saturated rings. The van der Waals surface area contributed by atoms with E-state index < -0.39 is 8.32 Å². The number of hydrogen-bond acceptors (Lipinski definition) is 2. The standard InChI is InChI=1S/C23H31FO2Si/c1-19(24)15-16-20(17-18-25)26-27(23(2,3)4,21-11-7-5-8-12-21)22-13-9-6-10-14-22/h5-15,20,25H,16-18H2,1-4H3/b19-15+/t20-/m0/s1. The molecule has 0 amide bonds. The van der Waals surface area contributed by atoms with Crippen molar-refractivity contribution in [2.75, 3.05) is 6.61 Å². The fourth-order valence-corrected chi connectivity index (χ4v) is 8.33. The van der Waals surface area contributed by atoms with Crippen LogP contribution in [0.25, 0.3) is 0 Å². The first-order valence-corrected chi connectivity index (χ1v) is 11.4. The third-order valence-electron chi connectivity index (χ3n) is 4.87. The van der Waals surface area contributed by atoms with Crippen LogP contribution in [0.4, 0.5) is 4.39 Å². The van der Waals surface area contributed by atoms with Crippen LogP contribution < -0.4 is 10.4 Å². The molecule has 0 aliphatic rings. The van der Waals surface area contributed by atoms with Crippen molar-refractivity contribution >= 4 is 18.7 Å². The highest BCUT2D eigenvalue weighted by Crippen LogP contribution is 2.38. The summed E-state index contributed by atoms with van der Waals surface area (Å²) < 4.78 is 20.3. The Hall–Kier alpha value is -1.75. The van der Waals surface area contributed by atoms with Crippen molar-refractivity contribution in [3.63, 3.8) is 0 Å². The number of benzene rings is 2. The Kier molecular flexibility index (Phi) is 7.54. The van der Waals surface area contributed by atoms with Crippen molar-refractivity contribution in [1.29, 1.82) is 0 Å². The predicted octanol–water partition coefficient (Wildman–Crippen LogP) is 4.58. The lowest BCUT2D eigenvalue weighted by atomic mass is 10.2. The van der Waals surface area contributed by atoms with E-state index in [2.05, 4.69) is 45.0 Å². The first kappa shape index (κ1) is 21.5. The molecule has 1 N–H and O–H groups in total. The molecule has 0 radical (unpaired) electrons. The highest BCUT2D eigenvalue weighted by atomic mass is 28.4. The van der Waals surface area contributed by atoms with Crippen molar-refractivity contribution in [2.24, 2.45) is 0 Å². The summed E-state index contributed by atoms with van der Waals surface area (Å²) >= 11 is 0. The molecule has 0 unspecified atom stereocenters. The highest BCUT2D eigenvalue weighted by Gasteiger charge is 2.51. The smallest absolute Gasteiger partial charge is 0.261 e. The van der Waals surface area contributed by atoms with E-state index in [1.165, 1.54) is 17.3 Å². The van der Waals surface area contributed by atoms with Crippen LogP contribution in [0.5, 0.6) is 0 Å². The van der Waals surface area contributed by atoms with Crippen molar-refractivity contribution in [2.45, 2.75) is 51.7 Å². The molecule has 0 bridgehead atoms. The van der Waals surface area contributed by atoms with E-state index >= 15 is 0 Å². The maximum atomic E-state index is 13.4. The SMILES string of the molecule is C/C(F)=C\C[C@@H](CCO)O[Si](c1ccccc1)(c1ccccc1)C(C)(C)C. The van der Waals surface area contributed by atoms with Gasteiger partial charge in [0.2, 0.25) is 0 Å². The van der Waals surface area contributed by atoms with E-state index in [0.29, 0.717) is 12.8 Å². The van der Waals surface area contributed by atoms with Gasteiger partial charge in [-0.2, -0.15) is 0 Å². The molecule has 2 rings (SSSR count). The van der Waals surface area contributed by atoms with Crippen LogP contribution in [-0.2, 0) is 4.43 Å². The lowest BCUT2D eigenvalue weighted by Crippen LogP contribution is -2.67. The van der Waals surface area contributed by atoms with E-state index in [4.69, 9.17) is 4.43 Å². The third kappa shape index (κ3) is 5.16. The van der Waals surface area contributed by atoms with E-state index in [0.717, 1.165) is 0 Å². The van der Waals surface area contributed by atoms with E-state index in [-0.39, 0.29) is 23.6 Å². The lowest BCUT2D eigenvalue weighted by molar-refractivity contribution is 0.146. The monoisotopic (exact) mass is 386 g/mol. The van der Waals surface area contributed by atoms with Crippen LogP contribution in [0.3, 0.4) is 0 Å². The number of hydrogen-bond donors (Lipinski definition) is 1. The van der Waals surface area contributed by atoms with Gasteiger partial charge < -0.3 is 9.53 Å². The van der Waals surface area contributed by atoms with Crippen LogP contribution in [0.1, 0.15) is 40.5 Å². The van der Waals surface area contributed by atoms with Crippen LogP contribution in [-0.4, -0.2) is 26.1 Å². The van der Waals surface area contributed by atoms with Gasteiger partial charge in [0.1, 0.15) is 0 Å². The van der Waals surface area contributed by atoms with Crippen molar-refractivity contribution in [3.8, 4) is 0 Å². The zero-order valence-electron chi connectivity index (χ0n) is 16.8. The number of halogens is 1.